The van der Waals surface area contributed by atoms with Crippen LogP contribution in [0.4, 0.5) is 10.8 Å². The van der Waals surface area contributed by atoms with Crippen molar-refractivity contribution in [2.24, 2.45) is 0 Å². The Labute approximate surface area is 187 Å². The maximum atomic E-state index is 12.8. The van der Waals surface area contributed by atoms with E-state index in [-0.39, 0.29) is 23.1 Å². The van der Waals surface area contributed by atoms with Gasteiger partial charge in [-0.25, -0.2) is 8.42 Å². The lowest BCUT2D eigenvalue weighted by Gasteiger charge is -2.33. The van der Waals surface area contributed by atoms with Gasteiger partial charge in [0.25, 0.3) is 5.91 Å². The van der Waals surface area contributed by atoms with Crippen molar-refractivity contribution in [1.82, 2.24) is 10.2 Å². The van der Waals surface area contributed by atoms with E-state index in [1.165, 1.54) is 23.5 Å². The third-order valence-electron chi connectivity index (χ3n) is 4.48. The van der Waals surface area contributed by atoms with Crippen LogP contribution in [-0.4, -0.2) is 50.5 Å². The third kappa shape index (κ3) is 4.58. The Hall–Kier alpha value is -2.89. The molecule has 162 valence electrons. The molecular weight excluding hydrogens is 464 g/mol. The molecule has 0 aliphatic carbocycles. The van der Waals surface area contributed by atoms with Gasteiger partial charge in [-0.1, -0.05) is 22.9 Å². The van der Waals surface area contributed by atoms with E-state index in [0.717, 1.165) is 16.1 Å². The molecule has 0 saturated heterocycles. The summed E-state index contributed by atoms with van der Waals surface area (Å²) in [6.45, 7) is -0.192. The van der Waals surface area contributed by atoms with E-state index >= 15 is 0 Å². The maximum Gasteiger partial charge on any atom is 0.269 e. The first kappa shape index (κ1) is 21.3. The Bertz CT molecular complexity index is 1230. The summed E-state index contributed by atoms with van der Waals surface area (Å²) in [7, 11) is -2.07. The number of methoxy groups -OCH3 is 1. The number of sulfonamides is 1. The molecule has 4 rings (SSSR count). The van der Waals surface area contributed by atoms with E-state index in [1.807, 2.05) is 12.1 Å². The minimum Gasteiger partial charge on any atom is -0.497 e. The monoisotopic (exact) mass is 480 g/mol. The fourth-order valence-electron chi connectivity index (χ4n) is 2.98. The van der Waals surface area contributed by atoms with Gasteiger partial charge in [-0.15, -0.1) is 10.2 Å². The topological polar surface area (TPSA) is 111 Å². The van der Waals surface area contributed by atoms with Crippen LogP contribution in [0, 0.1) is 0 Å². The van der Waals surface area contributed by atoms with Crippen LogP contribution in [0.3, 0.4) is 0 Å². The Morgan fingerprint density at radius 1 is 1.26 bits per heavy atom. The van der Waals surface area contributed by atoms with Crippen LogP contribution < -0.4 is 19.1 Å². The molecule has 1 aromatic heterocycles. The lowest BCUT2D eigenvalue weighted by atomic mass is 10.2. The zero-order valence-electron chi connectivity index (χ0n) is 16.4. The van der Waals surface area contributed by atoms with E-state index in [0.29, 0.717) is 15.8 Å². The fourth-order valence-corrected chi connectivity index (χ4v) is 4.81. The Morgan fingerprint density at radius 2 is 2.00 bits per heavy atom. The van der Waals surface area contributed by atoms with Crippen LogP contribution in [-0.2, 0) is 14.8 Å². The molecule has 1 amide bonds. The number of ether oxygens (including phenoxy) is 2. The van der Waals surface area contributed by atoms with E-state index in [4.69, 9.17) is 21.1 Å². The second-order valence-corrected chi connectivity index (χ2v) is 9.96. The first-order valence-electron chi connectivity index (χ1n) is 8.97. The number of fused-ring (bicyclic) bond motifs is 1. The molecule has 2 aromatic carbocycles. The molecule has 0 fully saturated rings. The summed E-state index contributed by atoms with van der Waals surface area (Å²) in [6, 6.07) is 11.8. The maximum absolute atomic E-state index is 12.8. The number of hydrogen-bond donors (Lipinski definition) is 1. The molecular formula is C19H17ClN4O5S2. The van der Waals surface area contributed by atoms with Crippen molar-refractivity contribution < 1.29 is 22.7 Å². The summed E-state index contributed by atoms with van der Waals surface area (Å²) < 4.78 is 36.5. The molecule has 0 radical (unpaired) electrons. The number of nitrogens with zero attached hydrogens (tertiary/aromatic N) is 3. The molecule has 1 aliphatic heterocycles. The van der Waals surface area contributed by atoms with Gasteiger partial charge in [-0.3, -0.25) is 14.4 Å². The van der Waals surface area contributed by atoms with E-state index in [2.05, 4.69) is 15.5 Å². The molecule has 0 bridgehead atoms. The fraction of sp³-hybridized carbons (Fsp3) is 0.211. The van der Waals surface area contributed by atoms with Gasteiger partial charge in [0.1, 0.15) is 16.5 Å². The van der Waals surface area contributed by atoms with Crippen LogP contribution in [0.15, 0.2) is 42.5 Å². The molecule has 12 heteroatoms. The number of amides is 1. The molecule has 1 atom stereocenters. The van der Waals surface area contributed by atoms with Gasteiger partial charge in [0, 0.05) is 10.6 Å². The molecule has 2 heterocycles. The van der Waals surface area contributed by atoms with Gasteiger partial charge < -0.3 is 9.47 Å². The lowest BCUT2D eigenvalue weighted by molar-refractivity contribution is -0.122. The van der Waals surface area contributed by atoms with Crippen LogP contribution in [0.1, 0.15) is 0 Å². The van der Waals surface area contributed by atoms with Crippen molar-refractivity contribution >= 4 is 49.7 Å². The summed E-state index contributed by atoms with van der Waals surface area (Å²) in [6.07, 6.45) is -0.0131. The Morgan fingerprint density at radius 3 is 2.68 bits per heavy atom. The quantitative estimate of drug-likeness (QED) is 0.597. The molecule has 31 heavy (non-hydrogen) atoms. The smallest absolute Gasteiger partial charge is 0.269 e. The molecule has 0 spiro atoms. The first-order valence-corrected chi connectivity index (χ1v) is 12.0. The normalized spacial score (nSPS) is 15.7. The molecule has 1 N–H and O–H groups in total. The van der Waals surface area contributed by atoms with Crippen LogP contribution >= 0.6 is 22.9 Å². The molecule has 0 unspecified atom stereocenters. The van der Waals surface area contributed by atoms with Gasteiger partial charge in [0.05, 0.1) is 25.6 Å². The van der Waals surface area contributed by atoms with Gasteiger partial charge in [-0.05, 0) is 42.5 Å². The van der Waals surface area contributed by atoms with Crippen LogP contribution in [0.2, 0.25) is 5.02 Å². The zero-order valence-corrected chi connectivity index (χ0v) is 18.8. The number of benzene rings is 2. The van der Waals surface area contributed by atoms with Crippen molar-refractivity contribution in [3.8, 4) is 22.1 Å². The minimum atomic E-state index is -3.65. The minimum absolute atomic E-state index is 0.192. The zero-order chi connectivity index (χ0) is 22.2. The van der Waals surface area contributed by atoms with Crippen molar-refractivity contribution in [2.75, 3.05) is 29.5 Å². The summed E-state index contributed by atoms with van der Waals surface area (Å²) in [5.41, 5.74) is 1.11. The largest absolute Gasteiger partial charge is 0.497 e. The van der Waals surface area contributed by atoms with Crippen molar-refractivity contribution in [3.63, 3.8) is 0 Å². The molecule has 0 saturated carbocycles. The van der Waals surface area contributed by atoms with E-state index < -0.39 is 22.0 Å². The molecule has 9 nitrogen and oxygen atoms in total. The van der Waals surface area contributed by atoms with Gasteiger partial charge in [0.2, 0.25) is 15.2 Å². The predicted octanol–water partition coefficient (Wildman–Crippen LogP) is 3.03. The number of carbonyl (C=O) groups excluding carboxylic acids is 1. The number of aromatic nitrogens is 2. The Balaban J connectivity index is 1.52. The highest BCUT2D eigenvalue weighted by atomic mass is 35.5. The van der Waals surface area contributed by atoms with Crippen molar-refractivity contribution in [2.45, 2.75) is 6.10 Å². The lowest BCUT2D eigenvalue weighted by Crippen LogP contribution is -2.48. The summed E-state index contributed by atoms with van der Waals surface area (Å²) >= 11 is 7.18. The van der Waals surface area contributed by atoms with Gasteiger partial charge >= 0.3 is 0 Å². The summed E-state index contributed by atoms with van der Waals surface area (Å²) in [5, 5.41) is 12.0. The number of halogens is 1. The van der Waals surface area contributed by atoms with Crippen molar-refractivity contribution in [1.29, 1.82) is 0 Å². The number of rotatable bonds is 5. The van der Waals surface area contributed by atoms with Crippen LogP contribution in [0.25, 0.3) is 10.6 Å². The predicted molar refractivity (Wildman–Crippen MR) is 119 cm³/mol. The first-order chi connectivity index (χ1) is 14.7. The van der Waals surface area contributed by atoms with Crippen molar-refractivity contribution in [3.05, 3.63) is 47.5 Å². The van der Waals surface area contributed by atoms with Crippen LogP contribution in [0.5, 0.6) is 11.5 Å². The summed E-state index contributed by atoms with van der Waals surface area (Å²) in [4.78, 5) is 12.8. The highest BCUT2D eigenvalue weighted by Crippen LogP contribution is 2.37. The second kappa shape index (κ2) is 8.33. The standard InChI is InChI=1S/C19H17ClN4O5S2/c1-28-13-6-3-11(4-7-13)18-22-23-19(30-18)21-17(25)16-10-24(31(2,26)27)14-9-12(20)5-8-15(14)29-16/h3-9,16H,10H2,1-2H3,(H,21,23,25)/t16-/m0/s1. The molecule has 3 aromatic rings. The number of nitrogens with one attached hydrogen (secondary N) is 1. The Kier molecular flexibility index (Phi) is 5.73. The number of hydrogen-bond acceptors (Lipinski definition) is 8. The SMILES string of the molecule is COc1ccc(-c2nnc(NC(=O)[C@@H]3CN(S(C)(=O)=O)c4cc(Cl)ccc4O3)s2)cc1. The number of carbonyl (C=O) groups is 1. The highest BCUT2D eigenvalue weighted by molar-refractivity contribution is 7.92. The average molecular weight is 481 g/mol. The summed E-state index contributed by atoms with van der Waals surface area (Å²) in [5.74, 6) is 0.428. The average Bonchev–Trinajstić information content (AvgIpc) is 3.20. The van der Waals surface area contributed by atoms with Gasteiger partial charge in [0.15, 0.2) is 6.10 Å². The number of anilines is 2. The second-order valence-electron chi connectivity index (χ2n) is 6.64. The molecule has 1 aliphatic rings. The van der Waals surface area contributed by atoms with E-state index in [9.17, 15) is 13.2 Å². The third-order valence-corrected chi connectivity index (χ3v) is 6.74. The van der Waals surface area contributed by atoms with Gasteiger partial charge in [-0.2, -0.15) is 0 Å². The highest BCUT2D eigenvalue weighted by Gasteiger charge is 2.35. The van der Waals surface area contributed by atoms with E-state index in [1.54, 1.807) is 25.3 Å².